The fraction of sp³-hybridized carbons (Fsp3) is 0.238. The first-order valence-corrected chi connectivity index (χ1v) is 11.2. The molecule has 0 radical (unpaired) electrons. The molecule has 0 unspecified atom stereocenters. The van der Waals surface area contributed by atoms with Crippen molar-refractivity contribution in [1.29, 1.82) is 0 Å². The lowest BCUT2D eigenvalue weighted by atomic mass is 10.1. The smallest absolute Gasteiger partial charge is 0.274 e. The Morgan fingerprint density at radius 1 is 1.13 bits per heavy atom. The average Bonchev–Trinajstić information content (AvgIpc) is 3.24. The molecule has 0 saturated heterocycles. The zero-order valence-electron chi connectivity index (χ0n) is 16.8. The number of amides is 1. The Kier molecular flexibility index (Phi) is 5.55. The van der Waals surface area contributed by atoms with E-state index in [1.54, 1.807) is 36.4 Å². The van der Waals surface area contributed by atoms with Crippen LogP contribution >= 0.6 is 0 Å². The number of nitrogens with one attached hydrogen (secondary N) is 2. The molecule has 4 rings (SSSR count). The number of carbonyl (C=O) groups excluding carboxylic acids is 1. The zero-order valence-corrected chi connectivity index (χ0v) is 17.6. The second kappa shape index (κ2) is 8.31. The Morgan fingerprint density at radius 2 is 1.90 bits per heavy atom. The third-order valence-electron chi connectivity index (χ3n) is 4.92. The monoisotopic (exact) mass is 439 g/mol. The van der Waals surface area contributed by atoms with Crippen molar-refractivity contribution in [1.82, 2.24) is 14.5 Å². The zero-order chi connectivity index (χ0) is 22.0. The van der Waals surface area contributed by atoms with Crippen molar-refractivity contribution in [3.8, 4) is 0 Å². The highest BCUT2D eigenvalue weighted by Gasteiger charge is 2.19. The summed E-state index contributed by atoms with van der Waals surface area (Å²) in [4.78, 5) is 29.0. The summed E-state index contributed by atoms with van der Waals surface area (Å²) in [6.45, 7) is 0.613. The number of hydrogen-bond acceptors (Lipinski definition) is 6. The first-order valence-electron chi connectivity index (χ1n) is 9.74. The molecule has 0 bridgehead atoms. The highest BCUT2D eigenvalue weighted by molar-refractivity contribution is 7.90. The summed E-state index contributed by atoms with van der Waals surface area (Å²) in [6.07, 6.45) is 1.35. The van der Waals surface area contributed by atoms with E-state index in [4.69, 9.17) is 0 Å². The molecule has 2 heterocycles. The van der Waals surface area contributed by atoms with Gasteiger partial charge in [0.05, 0.1) is 22.4 Å². The quantitative estimate of drug-likeness (QED) is 0.625. The number of aromatic nitrogens is 2. The highest BCUT2D eigenvalue weighted by Crippen LogP contribution is 2.18. The molecule has 0 atom stereocenters. The van der Waals surface area contributed by atoms with Crippen molar-refractivity contribution in [2.75, 3.05) is 11.9 Å². The van der Waals surface area contributed by atoms with Gasteiger partial charge in [0, 0.05) is 31.1 Å². The molecule has 1 aromatic heterocycles. The van der Waals surface area contributed by atoms with Gasteiger partial charge in [-0.1, -0.05) is 24.3 Å². The van der Waals surface area contributed by atoms with E-state index in [1.165, 1.54) is 23.9 Å². The van der Waals surface area contributed by atoms with Crippen LogP contribution in [0.4, 0.5) is 5.69 Å². The van der Waals surface area contributed by atoms with Gasteiger partial charge in [0.2, 0.25) is 5.91 Å². The molecular formula is C21H21N5O4S. The third kappa shape index (κ3) is 4.48. The number of aliphatic imine (C=N–C) groups is 1. The summed E-state index contributed by atoms with van der Waals surface area (Å²) in [5, 5.41) is 8.02. The van der Waals surface area contributed by atoms with Gasteiger partial charge in [0.15, 0.2) is 0 Å². The van der Waals surface area contributed by atoms with Gasteiger partial charge in [-0.05, 0) is 30.7 Å². The van der Waals surface area contributed by atoms with Crippen LogP contribution in [0.1, 0.15) is 18.5 Å². The Bertz CT molecular complexity index is 1360. The summed E-state index contributed by atoms with van der Waals surface area (Å²) in [7, 11) is -2.25. The van der Waals surface area contributed by atoms with Crippen molar-refractivity contribution in [3.05, 3.63) is 64.6 Å². The molecule has 1 aliphatic heterocycles. The summed E-state index contributed by atoms with van der Waals surface area (Å²) >= 11 is 0. The van der Waals surface area contributed by atoms with Gasteiger partial charge < -0.3 is 5.32 Å². The van der Waals surface area contributed by atoms with Crippen molar-refractivity contribution < 1.29 is 13.2 Å². The van der Waals surface area contributed by atoms with Crippen LogP contribution in [0.25, 0.3) is 10.8 Å². The minimum absolute atomic E-state index is 0.0329. The van der Waals surface area contributed by atoms with Gasteiger partial charge >= 0.3 is 0 Å². The molecule has 0 fully saturated rings. The summed E-state index contributed by atoms with van der Waals surface area (Å²) in [5.74, 6) is 0.0704. The van der Waals surface area contributed by atoms with E-state index in [-0.39, 0.29) is 22.8 Å². The van der Waals surface area contributed by atoms with E-state index in [0.717, 1.165) is 6.42 Å². The number of hydrogen-bond donors (Lipinski definition) is 2. The fourth-order valence-electron chi connectivity index (χ4n) is 3.44. The number of sulfonamides is 1. The fourth-order valence-corrected chi connectivity index (χ4v) is 4.58. The first-order chi connectivity index (χ1) is 14.8. The van der Waals surface area contributed by atoms with Crippen molar-refractivity contribution >= 4 is 38.2 Å². The van der Waals surface area contributed by atoms with E-state index in [1.807, 2.05) is 0 Å². The van der Waals surface area contributed by atoms with Crippen molar-refractivity contribution in [2.45, 2.75) is 24.2 Å². The molecule has 1 aliphatic rings. The van der Waals surface area contributed by atoms with Crippen LogP contribution in [-0.4, -0.2) is 36.5 Å². The lowest BCUT2D eigenvalue weighted by molar-refractivity contribution is -0.115. The Morgan fingerprint density at radius 3 is 2.65 bits per heavy atom. The van der Waals surface area contributed by atoms with Gasteiger partial charge in [-0.15, -0.1) is 0 Å². The molecule has 2 aromatic carbocycles. The van der Waals surface area contributed by atoms with Gasteiger partial charge in [0.1, 0.15) is 5.84 Å². The third-order valence-corrected chi connectivity index (χ3v) is 6.29. The van der Waals surface area contributed by atoms with E-state index in [9.17, 15) is 18.0 Å². The van der Waals surface area contributed by atoms with Crippen LogP contribution < -0.4 is 15.6 Å². The maximum absolute atomic E-state index is 12.6. The largest absolute Gasteiger partial charge is 0.326 e. The van der Waals surface area contributed by atoms with Crippen LogP contribution in [0.5, 0.6) is 0 Å². The minimum Gasteiger partial charge on any atom is -0.326 e. The standard InChI is InChI=1S/C21H21N5O4S/c1-26-21(28)17-9-3-2-8-16(17)18(24-26)13-20(27)23-14-6-4-7-15(12-14)31(29,30)25-19-10-5-11-22-19/h2-4,6-9,12H,5,10-11,13H2,1H3,(H,22,25)(H,23,27). The maximum atomic E-state index is 12.6. The number of anilines is 1. The Balaban J connectivity index is 1.54. The number of amidine groups is 1. The van der Waals surface area contributed by atoms with Crippen LogP contribution in [0.2, 0.25) is 0 Å². The van der Waals surface area contributed by atoms with Crippen LogP contribution in [0.15, 0.2) is 63.2 Å². The van der Waals surface area contributed by atoms with Gasteiger partial charge in [-0.25, -0.2) is 13.1 Å². The molecule has 9 nitrogen and oxygen atoms in total. The van der Waals surface area contributed by atoms with Gasteiger partial charge in [-0.2, -0.15) is 5.10 Å². The first kappa shape index (κ1) is 20.7. The molecule has 160 valence electrons. The normalized spacial score (nSPS) is 13.8. The number of nitrogens with zero attached hydrogens (tertiary/aromatic N) is 3. The Hall–Kier alpha value is -3.53. The predicted molar refractivity (Wildman–Crippen MR) is 118 cm³/mol. The molecular weight excluding hydrogens is 418 g/mol. The summed E-state index contributed by atoms with van der Waals surface area (Å²) < 4.78 is 28.9. The average molecular weight is 439 g/mol. The molecule has 0 saturated carbocycles. The second-order valence-electron chi connectivity index (χ2n) is 7.21. The minimum atomic E-state index is -3.78. The van der Waals surface area contributed by atoms with Gasteiger partial charge in [-0.3, -0.25) is 19.3 Å². The second-order valence-corrected chi connectivity index (χ2v) is 8.89. The lowest BCUT2D eigenvalue weighted by Gasteiger charge is -2.11. The van der Waals surface area contributed by atoms with Crippen molar-refractivity contribution in [2.24, 2.45) is 12.0 Å². The molecule has 31 heavy (non-hydrogen) atoms. The van der Waals surface area contributed by atoms with E-state index >= 15 is 0 Å². The number of carbonyl (C=O) groups is 1. The molecule has 0 aliphatic carbocycles. The SMILES string of the molecule is Cn1nc(CC(=O)Nc2cccc(S(=O)(=O)NC3=NCCC3)c2)c2ccccc2c1=O. The predicted octanol–water partition coefficient (Wildman–Crippen LogP) is 1.59. The van der Waals surface area contributed by atoms with Crippen LogP contribution in [-0.2, 0) is 28.3 Å². The summed E-state index contributed by atoms with van der Waals surface area (Å²) in [6, 6.07) is 13.0. The topological polar surface area (TPSA) is 123 Å². The summed E-state index contributed by atoms with van der Waals surface area (Å²) in [5.41, 5.74) is 0.562. The van der Waals surface area contributed by atoms with E-state index in [2.05, 4.69) is 20.1 Å². The highest BCUT2D eigenvalue weighted by atomic mass is 32.2. The molecule has 2 N–H and O–H groups in total. The number of fused-ring (bicyclic) bond motifs is 1. The van der Waals surface area contributed by atoms with E-state index in [0.29, 0.717) is 41.0 Å². The molecule has 0 spiro atoms. The molecule has 3 aromatic rings. The van der Waals surface area contributed by atoms with E-state index < -0.39 is 10.0 Å². The molecule has 1 amide bonds. The van der Waals surface area contributed by atoms with Crippen molar-refractivity contribution in [3.63, 3.8) is 0 Å². The Labute approximate surface area is 178 Å². The maximum Gasteiger partial charge on any atom is 0.274 e. The number of aryl methyl sites for hydroxylation is 1. The number of rotatable bonds is 5. The molecule has 10 heteroatoms. The number of benzene rings is 2. The van der Waals surface area contributed by atoms with Crippen LogP contribution in [0.3, 0.4) is 0 Å². The van der Waals surface area contributed by atoms with Gasteiger partial charge in [0.25, 0.3) is 15.6 Å². The van der Waals surface area contributed by atoms with Crippen LogP contribution in [0, 0.1) is 0 Å². The lowest BCUT2D eigenvalue weighted by Crippen LogP contribution is -2.29.